The van der Waals surface area contributed by atoms with Crippen LogP contribution in [0, 0.1) is 5.41 Å². The maximum Gasteiger partial charge on any atom is 0.245 e. The number of benzene rings is 2. The normalized spacial score (nSPS) is 15.1. The quantitative estimate of drug-likeness (QED) is 0.0878. The number of aromatic nitrogens is 2. The number of hydrogen-bond donors (Lipinski definition) is 2. The van der Waals surface area contributed by atoms with E-state index in [1.54, 1.807) is 6.20 Å². The molecule has 0 radical (unpaired) electrons. The first kappa shape index (κ1) is 41.5. The van der Waals surface area contributed by atoms with E-state index >= 15 is 0 Å². The highest BCUT2D eigenvalue weighted by Gasteiger charge is 2.38. The summed E-state index contributed by atoms with van der Waals surface area (Å²) in [4.78, 5) is 36.7. The molecule has 2 atom stereocenters. The first-order valence-electron chi connectivity index (χ1n) is 19.4. The zero-order chi connectivity index (χ0) is 38.9. The summed E-state index contributed by atoms with van der Waals surface area (Å²) in [5.41, 5.74) is 3.70. The number of nitrogens with zero attached hydrogens (tertiary/aromatic N) is 3. The predicted molar refractivity (Wildman–Crippen MR) is 219 cm³/mol. The van der Waals surface area contributed by atoms with Crippen molar-refractivity contribution in [3.8, 4) is 11.1 Å². The number of pyridine rings is 2. The number of hydrogen-bond acceptors (Lipinski definition) is 9. The molecule has 2 N–H and O–H groups in total. The van der Waals surface area contributed by atoms with E-state index in [0.29, 0.717) is 52.8 Å². The van der Waals surface area contributed by atoms with Crippen LogP contribution in [-0.2, 0) is 28.5 Å². The van der Waals surface area contributed by atoms with Crippen LogP contribution in [-0.4, -0.2) is 105 Å². The average molecular weight is 752 g/mol. The second-order valence-corrected chi connectivity index (χ2v) is 14.9. The number of rotatable bonds is 21. The lowest BCUT2D eigenvalue weighted by Crippen LogP contribution is -2.55. The number of fused-ring (bicyclic) bond motifs is 1. The highest BCUT2D eigenvalue weighted by atomic mass is 16.6. The van der Waals surface area contributed by atoms with Gasteiger partial charge in [0.2, 0.25) is 11.8 Å². The molecule has 11 heteroatoms. The van der Waals surface area contributed by atoms with Gasteiger partial charge in [-0.05, 0) is 59.7 Å². The molecular formula is C44H57N5O6. The van der Waals surface area contributed by atoms with Crippen LogP contribution in [0.15, 0.2) is 79.3 Å². The lowest BCUT2D eigenvalue weighted by atomic mass is 9.85. The maximum atomic E-state index is 13.2. The van der Waals surface area contributed by atoms with Crippen molar-refractivity contribution >= 4 is 40.6 Å². The van der Waals surface area contributed by atoms with Gasteiger partial charge in [0.25, 0.3) is 0 Å². The fourth-order valence-electron chi connectivity index (χ4n) is 6.42. The third kappa shape index (κ3) is 13.2. The minimum atomic E-state index is -0.562. The zero-order valence-corrected chi connectivity index (χ0v) is 32.8. The Morgan fingerprint density at radius 3 is 2.22 bits per heavy atom. The molecule has 55 heavy (non-hydrogen) atoms. The second-order valence-electron chi connectivity index (χ2n) is 14.9. The Morgan fingerprint density at radius 2 is 1.55 bits per heavy atom. The van der Waals surface area contributed by atoms with Crippen LogP contribution in [0.25, 0.3) is 34.1 Å². The number of likely N-dealkylation sites (tertiary alicyclic amines) is 1. The van der Waals surface area contributed by atoms with Crippen molar-refractivity contribution in [2.45, 2.75) is 59.0 Å². The van der Waals surface area contributed by atoms with E-state index in [-0.39, 0.29) is 36.3 Å². The van der Waals surface area contributed by atoms with E-state index in [1.165, 1.54) is 10.8 Å². The Labute approximate surface area is 325 Å². The van der Waals surface area contributed by atoms with Gasteiger partial charge in [-0.2, -0.15) is 0 Å². The van der Waals surface area contributed by atoms with Gasteiger partial charge in [0.1, 0.15) is 11.9 Å². The number of amides is 2. The third-order valence-corrected chi connectivity index (χ3v) is 9.52. The highest BCUT2D eigenvalue weighted by molar-refractivity contribution is 5.89. The van der Waals surface area contributed by atoms with E-state index in [4.69, 9.17) is 23.9 Å². The minimum Gasteiger partial charge on any atom is -0.379 e. The van der Waals surface area contributed by atoms with Crippen molar-refractivity contribution in [2.75, 3.05) is 71.3 Å². The van der Waals surface area contributed by atoms with Crippen molar-refractivity contribution in [2.24, 2.45) is 5.41 Å². The molecule has 5 rings (SSSR count). The molecule has 3 heterocycles. The molecule has 1 saturated heterocycles. The van der Waals surface area contributed by atoms with Crippen LogP contribution in [0.3, 0.4) is 0 Å². The molecule has 0 spiro atoms. The second kappa shape index (κ2) is 21.4. The third-order valence-electron chi connectivity index (χ3n) is 9.52. The molecule has 2 amide bonds. The van der Waals surface area contributed by atoms with Gasteiger partial charge in [0, 0.05) is 60.8 Å². The predicted octanol–water partition coefficient (Wildman–Crippen LogP) is 6.88. The van der Waals surface area contributed by atoms with Crippen molar-refractivity contribution in [3.05, 3.63) is 90.4 Å². The van der Waals surface area contributed by atoms with Crippen LogP contribution in [0.2, 0.25) is 0 Å². The summed E-state index contributed by atoms with van der Waals surface area (Å²) in [6.07, 6.45) is 11.9. The van der Waals surface area contributed by atoms with Crippen molar-refractivity contribution in [1.82, 2.24) is 20.2 Å². The Bertz CT molecular complexity index is 1830. The van der Waals surface area contributed by atoms with Crippen LogP contribution < -0.4 is 10.6 Å². The number of anilines is 1. The molecule has 11 nitrogen and oxygen atoms in total. The molecule has 2 unspecified atom stereocenters. The summed E-state index contributed by atoms with van der Waals surface area (Å²) in [5, 5.41) is 8.79. The van der Waals surface area contributed by atoms with Crippen LogP contribution in [0.5, 0.6) is 0 Å². The van der Waals surface area contributed by atoms with Gasteiger partial charge in [0.05, 0.1) is 52.9 Å². The summed E-state index contributed by atoms with van der Waals surface area (Å²) in [5.74, 6) is 0.593. The summed E-state index contributed by atoms with van der Waals surface area (Å²) in [6, 6.07) is 20.5. The molecular weight excluding hydrogens is 695 g/mol. The fraction of sp³-hybridized carbons (Fsp3) is 0.455. The summed E-state index contributed by atoms with van der Waals surface area (Å²) >= 11 is 0. The van der Waals surface area contributed by atoms with E-state index < -0.39 is 6.04 Å². The Hall–Kier alpha value is -4.68. The van der Waals surface area contributed by atoms with Crippen molar-refractivity contribution < 1.29 is 28.5 Å². The molecule has 2 aromatic carbocycles. The first-order valence-corrected chi connectivity index (χ1v) is 19.4. The summed E-state index contributed by atoms with van der Waals surface area (Å²) < 4.78 is 22.6. The number of carbonyl (C=O) groups excluding carboxylic acids is 2. The molecule has 0 bridgehead atoms. The first-order chi connectivity index (χ1) is 26.7. The van der Waals surface area contributed by atoms with E-state index in [1.807, 2.05) is 50.2 Å². The topological polar surface area (TPSA) is 124 Å². The van der Waals surface area contributed by atoms with Gasteiger partial charge in [-0.15, -0.1) is 0 Å². The molecule has 294 valence electrons. The molecule has 1 fully saturated rings. The summed E-state index contributed by atoms with van der Waals surface area (Å²) in [7, 11) is 0. The number of ether oxygens (including phenoxy) is 4. The van der Waals surface area contributed by atoms with Gasteiger partial charge >= 0.3 is 0 Å². The van der Waals surface area contributed by atoms with E-state index in [0.717, 1.165) is 47.5 Å². The highest BCUT2D eigenvalue weighted by Crippen LogP contribution is 2.27. The van der Waals surface area contributed by atoms with Crippen LogP contribution in [0.4, 0.5) is 5.82 Å². The molecule has 1 aliphatic heterocycles. The van der Waals surface area contributed by atoms with Crippen LogP contribution in [0.1, 0.15) is 58.1 Å². The van der Waals surface area contributed by atoms with Gasteiger partial charge in [0.15, 0.2) is 0 Å². The average Bonchev–Trinajstić information content (AvgIpc) is 3.63. The number of nitrogens with one attached hydrogen (secondary N) is 2. The van der Waals surface area contributed by atoms with Crippen molar-refractivity contribution in [1.29, 1.82) is 0 Å². The molecule has 2 aromatic heterocycles. The smallest absolute Gasteiger partial charge is 0.245 e. The molecule has 4 aromatic rings. The van der Waals surface area contributed by atoms with E-state index in [2.05, 4.69) is 83.2 Å². The van der Waals surface area contributed by atoms with Gasteiger partial charge < -0.3 is 34.5 Å². The van der Waals surface area contributed by atoms with Gasteiger partial charge in [-0.3, -0.25) is 14.6 Å². The fourth-order valence-corrected chi connectivity index (χ4v) is 6.42. The Morgan fingerprint density at radius 1 is 0.836 bits per heavy atom. The lowest BCUT2D eigenvalue weighted by molar-refractivity contribution is -0.140. The van der Waals surface area contributed by atoms with E-state index in [9.17, 15) is 9.59 Å². The molecule has 0 aliphatic carbocycles. The molecule has 0 saturated carbocycles. The lowest BCUT2D eigenvalue weighted by Gasteiger charge is -2.35. The zero-order valence-electron chi connectivity index (χ0n) is 32.8. The summed E-state index contributed by atoms with van der Waals surface area (Å²) in [6.45, 7) is 12.7. The SMILES string of the molecule is CC1CCCN1C(=O)C(NC(=O)CCOCCOCCOCCOCCNc1ncc(-c2cccnc2)cc1/C=C/c1ccc2ccccc2c1)C(C)(C)C. The standard InChI is InChI=1S/C44H57N5O6/c1-33-9-8-20-49(33)43(51)41(44(2,3)4)48-40(50)17-21-52-23-25-54-27-28-55-26-24-53-22-19-46-42-37(30-39(32-47-42)38-12-7-18-45-31-38)16-14-34-13-15-35-10-5-6-11-36(35)29-34/h5-7,10-16,18,29-33,41H,8-9,17,19-28H2,1-4H3,(H,46,47)(H,48,50)/b16-14+. The Kier molecular flexibility index (Phi) is 16.2. The van der Waals surface area contributed by atoms with Gasteiger partial charge in [-0.1, -0.05) is 75.4 Å². The van der Waals surface area contributed by atoms with Crippen LogP contribution >= 0.6 is 0 Å². The van der Waals surface area contributed by atoms with Crippen molar-refractivity contribution in [3.63, 3.8) is 0 Å². The molecule has 1 aliphatic rings. The maximum absolute atomic E-state index is 13.2. The largest absolute Gasteiger partial charge is 0.379 e. The van der Waals surface area contributed by atoms with Gasteiger partial charge in [-0.25, -0.2) is 4.98 Å². The number of carbonyl (C=O) groups is 2. The minimum absolute atomic E-state index is 0.00110. The monoisotopic (exact) mass is 751 g/mol. The Balaban J connectivity index is 0.927.